The molecule has 3 aromatic rings. The first-order valence-corrected chi connectivity index (χ1v) is 10.5. The highest BCUT2D eigenvalue weighted by atomic mass is 16.5. The minimum atomic E-state index is -0.619. The maximum Gasteiger partial charge on any atom is 0.437 e. The summed E-state index contributed by atoms with van der Waals surface area (Å²) >= 11 is 0. The Morgan fingerprint density at radius 2 is 1.84 bits per heavy atom. The van der Waals surface area contributed by atoms with E-state index < -0.39 is 5.76 Å². The Kier molecular flexibility index (Phi) is 5.30. The molecule has 1 aromatic heterocycles. The van der Waals surface area contributed by atoms with Gasteiger partial charge in [0.25, 0.3) is 0 Å². The SMILES string of the molecule is O=C(Cn1nc(-c2ccccc2)oc1=O)N1CCN(Cc2ccc3c(c2)CCO3)CC1. The van der Waals surface area contributed by atoms with E-state index in [0.717, 1.165) is 43.1 Å². The summed E-state index contributed by atoms with van der Waals surface area (Å²) in [5.41, 5.74) is 3.25. The second kappa shape index (κ2) is 8.39. The molecule has 31 heavy (non-hydrogen) atoms. The van der Waals surface area contributed by atoms with Crippen molar-refractivity contribution in [1.29, 1.82) is 0 Å². The molecule has 0 N–H and O–H groups in total. The molecule has 5 rings (SSSR count). The third-order valence-electron chi connectivity index (χ3n) is 5.80. The summed E-state index contributed by atoms with van der Waals surface area (Å²) < 4.78 is 11.9. The van der Waals surface area contributed by atoms with Gasteiger partial charge in [0, 0.05) is 44.7 Å². The van der Waals surface area contributed by atoms with Gasteiger partial charge in [0.2, 0.25) is 11.8 Å². The molecule has 1 saturated heterocycles. The summed E-state index contributed by atoms with van der Waals surface area (Å²) in [7, 11) is 0. The smallest absolute Gasteiger partial charge is 0.437 e. The molecular weight excluding hydrogens is 396 g/mol. The molecule has 0 atom stereocenters. The van der Waals surface area contributed by atoms with Crippen molar-refractivity contribution >= 4 is 5.91 Å². The number of amides is 1. The minimum absolute atomic E-state index is 0.111. The highest BCUT2D eigenvalue weighted by molar-refractivity contribution is 5.76. The van der Waals surface area contributed by atoms with Gasteiger partial charge in [0.05, 0.1) is 6.61 Å². The molecular formula is C23H24N4O4. The van der Waals surface area contributed by atoms with Crippen LogP contribution in [0.15, 0.2) is 57.7 Å². The van der Waals surface area contributed by atoms with Crippen molar-refractivity contribution < 1.29 is 13.9 Å². The van der Waals surface area contributed by atoms with Gasteiger partial charge in [-0.05, 0) is 29.3 Å². The molecule has 0 saturated carbocycles. The predicted octanol–water partition coefficient (Wildman–Crippen LogP) is 1.78. The number of benzene rings is 2. The first-order chi connectivity index (χ1) is 15.2. The maximum absolute atomic E-state index is 12.7. The third kappa shape index (κ3) is 4.25. The number of carbonyl (C=O) groups excluding carboxylic acids is 1. The monoisotopic (exact) mass is 420 g/mol. The van der Waals surface area contributed by atoms with Gasteiger partial charge in [-0.15, -0.1) is 5.10 Å². The molecule has 0 unspecified atom stereocenters. The van der Waals surface area contributed by atoms with Crippen molar-refractivity contribution in [2.75, 3.05) is 32.8 Å². The number of rotatable bonds is 5. The number of aromatic nitrogens is 2. The first kappa shape index (κ1) is 19.6. The zero-order valence-corrected chi connectivity index (χ0v) is 17.2. The van der Waals surface area contributed by atoms with Crippen LogP contribution in [-0.4, -0.2) is 58.3 Å². The van der Waals surface area contributed by atoms with Crippen molar-refractivity contribution in [2.45, 2.75) is 19.5 Å². The van der Waals surface area contributed by atoms with Crippen molar-refractivity contribution in [3.63, 3.8) is 0 Å². The number of piperazine rings is 1. The average Bonchev–Trinajstić information content (AvgIpc) is 3.41. The number of hydrogen-bond acceptors (Lipinski definition) is 6. The summed E-state index contributed by atoms with van der Waals surface area (Å²) in [6.45, 7) is 4.36. The summed E-state index contributed by atoms with van der Waals surface area (Å²) in [5.74, 6) is 0.483. The van der Waals surface area contributed by atoms with Crippen LogP contribution < -0.4 is 10.5 Å². The van der Waals surface area contributed by atoms with E-state index >= 15 is 0 Å². The van der Waals surface area contributed by atoms with E-state index in [9.17, 15) is 9.59 Å². The van der Waals surface area contributed by atoms with Crippen LogP contribution in [0.3, 0.4) is 0 Å². The molecule has 8 nitrogen and oxygen atoms in total. The average molecular weight is 420 g/mol. The molecule has 3 heterocycles. The lowest BCUT2D eigenvalue weighted by Crippen LogP contribution is -2.49. The van der Waals surface area contributed by atoms with E-state index in [-0.39, 0.29) is 18.3 Å². The molecule has 2 aromatic carbocycles. The number of ether oxygens (including phenoxy) is 1. The number of fused-ring (bicyclic) bond motifs is 1. The highest BCUT2D eigenvalue weighted by Gasteiger charge is 2.23. The zero-order chi connectivity index (χ0) is 21.2. The Labute approximate surface area is 179 Å². The predicted molar refractivity (Wildman–Crippen MR) is 114 cm³/mol. The second-order valence-corrected chi connectivity index (χ2v) is 7.89. The Bertz CT molecular complexity index is 1130. The molecule has 0 radical (unpaired) electrons. The first-order valence-electron chi connectivity index (χ1n) is 10.5. The fourth-order valence-corrected chi connectivity index (χ4v) is 4.08. The van der Waals surface area contributed by atoms with Gasteiger partial charge in [-0.2, -0.15) is 4.68 Å². The van der Waals surface area contributed by atoms with Crippen LogP contribution in [0.5, 0.6) is 5.75 Å². The normalized spacial score (nSPS) is 16.2. The minimum Gasteiger partial charge on any atom is -0.493 e. The Morgan fingerprint density at radius 3 is 2.65 bits per heavy atom. The van der Waals surface area contributed by atoms with Gasteiger partial charge >= 0.3 is 5.76 Å². The van der Waals surface area contributed by atoms with Crippen molar-refractivity contribution in [2.24, 2.45) is 0 Å². The van der Waals surface area contributed by atoms with Crippen LogP contribution in [-0.2, 0) is 24.3 Å². The molecule has 0 bridgehead atoms. The van der Waals surface area contributed by atoms with E-state index in [0.29, 0.717) is 18.7 Å². The Morgan fingerprint density at radius 1 is 1.03 bits per heavy atom. The van der Waals surface area contributed by atoms with Gasteiger partial charge in [-0.3, -0.25) is 9.69 Å². The molecule has 160 valence electrons. The molecule has 2 aliphatic heterocycles. The fraction of sp³-hybridized carbons (Fsp3) is 0.348. The van der Waals surface area contributed by atoms with Crippen molar-refractivity contribution in [3.8, 4) is 17.2 Å². The van der Waals surface area contributed by atoms with Gasteiger partial charge in [0.15, 0.2) is 0 Å². The second-order valence-electron chi connectivity index (χ2n) is 7.89. The van der Waals surface area contributed by atoms with E-state index in [2.05, 4.69) is 28.2 Å². The lowest BCUT2D eigenvalue weighted by Gasteiger charge is -2.34. The lowest BCUT2D eigenvalue weighted by molar-refractivity contribution is -0.134. The van der Waals surface area contributed by atoms with Gasteiger partial charge in [-0.1, -0.05) is 30.3 Å². The summed E-state index contributed by atoms with van der Waals surface area (Å²) in [4.78, 5) is 29.0. The topological polar surface area (TPSA) is 80.8 Å². The molecule has 0 aliphatic carbocycles. The van der Waals surface area contributed by atoms with E-state index in [1.807, 2.05) is 30.3 Å². The number of hydrogen-bond donors (Lipinski definition) is 0. The van der Waals surface area contributed by atoms with E-state index in [4.69, 9.17) is 9.15 Å². The van der Waals surface area contributed by atoms with E-state index in [1.165, 1.54) is 11.1 Å². The van der Waals surface area contributed by atoms with Crippen LogP contribution in [0.25, 0.3) is 11.5 Å². The largest absolute Gasteiger partial charge is 0.493 e. The summed E-state index contributed by atoms with van der Waals surface area (Å²) in [5, 5.41) is 4.18. The molecule has 2 aliphatic rings. The van der Waals surface area contributed by atoms with Crippen molar-refractivity contribution in [1.82, 2.24) is 19.6 Å². The Balaban J connectivity index is 1.16. The van der Waals surface area contributed by atoms with Gasteiger partial charge in [0.1, 0.15) is 12.3 Å². The fourth-order valence-electron chi connectivity index (χ4n) is 4.08. The van der Waals surface area contributed by atoms with Crippen LogP contribution in [0.1, 0.15) is 11.1 Å². The standard InChI is InChI=1S/C23H24N4O4/c28-21(16-27-23(29)31-22(24-27)18-4-2-1-3-5-18)26-11-9-25(10-12-26)15-17-6-7-20-19(14-17)8-13-30-20/h1-7,14H,8-13,15-16H2. The molecule has 1 fully saturated rings. The lowest BCUT2D eigenvalue weighted by atomic mass is 10.1. The van der Waals surface area contributed by atoms with Gasteiger partial charge in [-0.25, -0.2) is 4.79 Å². The van der Waals surface area contributed by atoms with Crippen LogP contribution in [0.2, 0.25) is 0 Å². The maximum atomic E-state index is 12.7. The number of carbonyl (C=O) groups is 1. The van der Waals surface area contributed by atoms with Gasteiger partial charge < -0.3 is 14.1 Å². The molecule has 1 amide bonds. The molecule has 0 spiro atoms. The third-order valence-corrected chi connectivity index (χ3v) is 5.80. The quantitative estimate of drug-likeness (QED) is 0.626. The zero-order valence-electron chi connectivity index (χ0n) is 17.2. The summed E-state index contributed by atoms with van der Waals surface area (Å²) in [6, 6.07) is 15.6. The van der Waals surface area contributed by atoms with Crippen LogP contribution in [0.4, 0.5) is 0 Å². The highest BCUT2D eigenvalue weighted by Crippen LogP contribution is 2.26. The summed E-state index contributed by atoms with van der Waals surface area (Å²) in [6.07, 6.45) is 0.971. The van der Waals surface area contributed by atoms with E-state index in [1.54, 1.807) is 4.90 Å². The van der Waals surface area contributed by atoms with Crippen molar-refractivity contribution in [3.05, 3.63) is 70.2 Å². The molecule has 8 heteroatoms. The van der Waals surface area contributed by atoms with Crippen LogP contribution >= 0.6 is 0 Å². The Hall–Kier alpha value is -3.39. The number of nitrogens with zero attached hydrogens (tertiary/aromatic N) is 4. The van der Waals surface area contributed by atoms with Crippen LogP contribution in [0, 0.1) is 0 Å².